The van der Waals surface area contributed by atoms with Gasteiger partial charge in [-0.15, -0.1) is 0 Å². The maximum atomic E-state index is 13.6. The quantitative estimate of drug-likeness (QED) is 0.856. The van der Waals surface area contributed by atoms with Crippen molar-refractivity contribution in [2.75, 3.05) is 7.11 Å². The Hall–Kier alpha value is -2.34. The van der Waals surface area contributed by atoms with Crippen LogP contribution in [-0.4, -0.2) is 18.2 Å². The molecule has 6 heteroatoms. The second-order valence-electron chi connectivity index (χ2n) is 4.60. The van der Waals surface area contributed by atoms with Crippen LogP contribution < -0.4 is 10.1 Å². The van der Waals surface area contributed by atoms with E-state index in [9.17, 15) is 9.18 Å². The van der Waals surface area contributed by atoms with E-state index in [0.717, 1.165) is 5.56 Å². The molecule has 0 aliphatic rings. The summed E-state index contributed by atoms with van der Waals surface area (Å²) in [4.78, 5) is 10.7. The number of hydrogen-bond donors (Lipinski definition) is 2. The van der Waals surface area contributed by atoms with E-state index >= 15 is 0 Å². The molecule has 5 nitrogen and oxygen atoms in total. The molecule has 1 aromatic heterocycles. The van der Waals surface area contributed by atoms with Crippen LogP contribution in [0.25, 0.3) is 0 Å². The van der Waals surface area contributed by atoms with Gasteiger partial charge in [-0.3, -0.25) is 0 Å². The van der Waals surface area contributed by atoms with E-state index in [-0.39, 0.29) is 17.4 Å². The summed E-state index contributed by atoms with van der Waals surface area (Å²) in [5.74, 6) is -0.749. The van der Waals surface area contributed by atoms with Gasteiger partial charge in [0.25, 0.3) is 0 Å². The lowest BCUT2D eigenvalue weighted by Crippen LogP contribution is -2.18. The first-order valence-electron chi connectivity index (χ1n) is 6.38. The molecule has 2 aromatic rings. The largest absolute Gasteiger partial charge is 0.494 e. The number of carboxylic acid groups (broad SMARTS) is 1. The van der Waals surface area contributed by atoms with E-state index in [0.29, 0.717) is 12.3 Å². The van der Waals surface area contributed by atoms with E-state index in [1.165, 1.54) is 25.5 Å². The molecule has 0 aliphatic carbocycles. The standard InChI is InChI=1S/C15H16FNO4/c1-9(10-3-4-14(20-2)13(16)6-10)17-7-12-5-11(8-21-12)15(18)19/h3-6,8-9,17H,7H2,1-2H3,(H,18,19). The summed E-state index contributed by atoms with van der Waals surface area (Å²) in [7, 11) is 1.41. The van der Waals surface area contributed by atoms with E-state index < -0.39 is 11.8 Å². The number of rotatable bonds is 6. The molecule has 0 spiro atoms. The predicted molar refractivity (Wildman–Crippen MR) is 73.9 cm³/mol. The van der Waals surface area contributed by atoms with Gasteiger partial charge in [-0.1, -0.05) is 6.07 Å². The molecular formula is C15H16FNO4. The SMILES string of the molecule is COc1ccc(C(C)NCc2cc(C(=O)O)co2)cc1F. The molecule has 0 fully saturated rings. The van der Waals surface area contributed by atoms with E-state index in [2.05, 4.69) is 5.32 Å². The third-order valence-electron chi connectivity index (χ3n) is 3.16. The normalized spacial score (nSPS) is 12.1. The first kappa shape index (κ1) is 15.1. The van der Waals surface area contributed by atoms with Crippen LogP contribution in [0.3, 0.4) is 0 Å². The van der Waals surface area contributed by atoms with Gasteiger partial charge < -0.3 is 19.6 Å². The van der Waals surface area contributed by atoms with Gasteiger partial charge in [0.1, 0.15) is 12.0 Å². The van der Waals surface area contributed by atoms with Gasteiger partial charge in [0.2, 0.25) is 0 Å². The van der Waals surface area contributed by atoms with E-state index in [4.69, 9.17) is 14.3 Å². The van der Waals surface area contributed by atoms with Gasteiger partial charge in [-0.2, -0.15) is 0 Å². The van der Waals surface area contributed by atoms with E-state index in [1.807, 2.05) is 6.92 Å². The smallest absolute Gasteiger partial charge is 0.338 e. The van der Waals surface area contributed by atoms with Crippen LogP contribution in [0.1, 0.15) is 34.6 Å². The Morgan fingerprint density at radius 1 is 1.48 bits per heavy atom. The second-order valence-corrected chi connectivity index (χ2v) is 4.60. The van der Waals surface area contributed by atoms with Crippen molar-refractivity contribution in [3.63, 3.8) is 0 Å². The lowest BCUT2D eigenvalue weighted by atomic mass is 10.1. The van der Waals surface area contributed by atoms with Crippen molar-refractivity contribution in [2.24, 2.45) is 0 Å². The third kappa shape index (κ3) is 3.61. The molecule has 1 atom stereocenters. The molecule has 1 aromatic carbocycles. The minimum atomic E-state index is -1.03. The first-order chi connectivity index (χ1) is 10.0. The maximum Gasteiger partial charge on any atom is 0.338 e. The topological polar surface area (TPSA) is 71.7 Å². The minimum Gasteiger partial charge on any atom is -0.494 e. The summed E-state index contributed by atoms with van der Waals surface area (Å²) in [5, 5.41) is 11.9. The summed E-state index contributed by atoms with van der Waals surface area (Å²) < 4.78 is 23.6. The molecule has 1 heterocycles. The Kier molecular flexibility index (Phi) is 4.59. The highest BCUT2D eigenvalue weighted by molar-refractivity contribution is 5.87. The number of benzene rings is 1. The summed E-state index contributed by atoms with van der Waals surface area (Å²) in [6.07, 6.45) is 1.19. The van der Waals surface area contributed by atoms with Crippen molar-refractivity contribution < 1.29 is 23.4 Å². The Morgan fingerprint density at radius 2 is 2.24 bits per heavy atom. The molecule has 0 saturated heterocycles. The summed E-state index contributed by atoms with van der Waals surface area (Å²) >= 11 is 0. The number of ether oxygens (including phenoxy) is 1. The summed E-state index contributed by atoms with van der Waals surface area (Å²) in [5.41, 5.74) is 0.869. The lowest BCUT2D eigenvalue weighted by Gasteiger charge is -2.14. The molecule has 0 saturated carbocycles. The maximum absolute atomic E-state index is 13.6. The number of aromatic carboxylic acids is 1. The minimum absolute atomic E-state index is 0.106. The Morgan fingerprint density at radius 3 is 2.81 bits per heavy atom. The monoisotopic (exact) mass is 293 g/mol. The van der Waals surface area contributed by atoms with Crippen LogP contribution >= 0.6 is 0 Å². The molecular weight excluding hydrogens is 277 g/mol. The van der Waals surface area contributed by atoms with Gasteiger partial charge >= 0.3 is 5.97 Å². The van der Waals surface area contributed by atoms with Crippen molar-refractivity contribution in [1.29, 1.82) is 0 Å². The zero-order chi connectivity index (χ0) is 15.4. The second kappa shape index (κ2) is 6.41. The number of hydrogen-bond acceptors (Lipinski definition) is 4. The van der Waals surface area contributed by atoms with Crippen molar-refractivity contribution in [2.45, 2.75) is 19.5 Å². The van der Waals surface area contributed by atoms with Gasteiger partial charge in [0, 0.05) is 6.04 Å². The van der Waals surface area contributed by atoms with Crippen molar-refractivity contribution in [3.05, 3.63) is 53.2 Å². The molecule has 2 rings (SSSR count). The summed E-state index contributed by atoms with van der Waals surface area (Å²) in [6.45, 7) is 2.23. The lowest BCUT2D eigenvalue weighted by molar-refractivity contribution is 0.0696. The first-order valence-corrected chi connectivity index (χ1v) is 6.38. The van der Waals surface area contributed by atoms with Crippen LogP contribution in [0.2, 0.25) is 0 Å². The number of nitrogens with one attached hydrogen (secondary N) is 1. The van der Waals surface area contributed by atoms with Crippen LogP contribution in [0.5, 0.6) is 5.75 Å². The fourth-order valence-corrected chi connectivity index (χ4v) is 1.91. The molecule has 0 aliphatic heterocycles. The molecule has 2 N–H and O–H groups in total. The molecule has 0 amide bonds. The van der Waals surface area contributed by atoms with Gasteiger partial charge in [-0.05, 0) is 30.7 Å². The fourth-order valence-electron chi connectivity index (χ4n) is 1.91. The number of halogens is 1. The Balaban J connectivity index is 1.99. The van der Waals surface area contributed by atoms with Crippen LogP contribution in [0, 0.1) is 5.82 Å². The highest BCUT2D eigenvalue weighted by Gasteiger charge is 2.12. The number of carboxylic acids is 1. The number of carbonyl (C=O) groups is 1. The fraction of sp³-hybridized carbons (Fsp3) is 0.267. The molecule has 112 valence electrons. The van der Waals surface area contributed by atoms with Gasteiger partial charge in [-0.25, -0.2) is 9.18 Å². The van der Waals surface area contributed by atoms with Gasteiger partial charge in [0.05, 0.1) is 19.2 Å². The van der Waals surface area contributed by atoms with Crippen molar-refractivity contribution in [3.8, 4) is 5.75 Å². The highest BCUT2D eigenvalue weighted by Crippen LogP contribution is 2.22. The van der Waals surface area contributed by atoms with Crippen LogP contribution in [-0.2, 0) is 6.54 Å². The average Bonchev–Trinajstić information content (AvgIpc) is 2.93. The molecule has 1 unspecified atom stereocenters. The number of furan rings is 1. The highest BCUT2D eigenvalue weighted by atomic mass is 19.1. The predicted octanol–water partition coefficient (Wildman–Crippen LogP) is 2.98. The zero-order valence-electron chi connectivity index (χ0n) is 11.7. The Bertz CT molecular complexity index is 638. The molecule has 0 radical (unpaired) electrons. The van der Waals surface area contributed by atoms with Crippen LogP contribution in [0.15, 0.2) is 34.9 Å². The van der Waals surface area contributed by atoms with Gasteiger partial charge in [0.15, 0.2) is 11.6 Å². The number of methoxy groups -OCH3 is 1. The Labute approximate surface area is 121 Å². The van der Waals surface area contributed by atoms with Crippen molar-refractivity contribution >= 4 is 5.97 Å². The van der Waals surface area contributed by atoms with E-state index in [1.54, 1.807) is 12.1 Å². The molecule has 0 bridgehead atoms. The third-order valence-corrected chi connectivity index (χ3v) is 3.16. The average molecular weight is 293 g/mol. The van der Waals surface area contributed by atoms with Crippen molar-refractivity contribution in [1.82, 2.24) is 5.32 Å². The van der Waals surface area contributed by atoms with Crippen LogP contribution in [0.4, 0.5) is 4.39 Å². The molecule has 21 heavy (non-hydrogen) atoms. The summed E-state index contributed by atoms with van der Waals surface area (Å²) in [6, 6.07) is 6.07. The zero-order valence-corrected chi connectivity index (χ0v) is 11.7.